The highest BCUT2D eigenvalue weighted by Crippen LogP contribution is 2.22. The van der Waals surface area contributed by atoms with Crippen molar-refractivity contribution in [3.8, 4) is 5.75 Å². The number of methoxy groups -OCH3 is 1. The second-order valence-electron chi connectivity index (χ2n) is 5.25. The Morgan fingerprint density at radius 1 is 1.44 bits per heavy atom. The van der Waals surface area contributed by atoms with Crippen LogP contribution in [0.5, 0.6) is 5.75 Å². The van der Waals surface area contributed by atoms with E-state index in [2.05, 4.69) is 35.3 Å². The predicted molar refractivity (Wildman–Crippen MR) is 75.0 cm³/mol. The van der Waals surface area contributed by atoms with Gasteiger partial charge in [0.05, 0.1) is 7.11 Å². The quantitative estimate of drug-likeness (QED) is 0.863. The van der Waals surface area contributed by atoms with Crippen LogP contribution in [0.15, 0.2) is 18.2 Å². The maximum atomic E-state index is 5.30. The minimum atomic E-state index is 0.814. The third-order valence-corrected chi connectivity index (χ3v) is 3.73. The van der Waals surface area contributed by atoms with E-state index in [1.165, 1.54) is 30.6 Å². The number of rotatable bonds is 5. The number of benzene rings is 1. The molecule has 1 aromatic carbocycles. The van der Waals surface area contributed by atoms with Crippen molar-refractivity contribution in [3.05, 3.63) is 29.3 Å². The topological polar surface area (TPSA) is 24.5 Å². The van der Waals surface area contributed by atoms with E-state index in [4.69, 9.17) is 4.74 Å². The van der Waals surface area contributed by atoms with Crippen molar-refractivity contribution < 1.29 is 4.74 Å². The fourth-order valence-electron chi connectivity index (χ4n) is 2.81. The number of aryl methyl sites for hydroxylation is 1. The molecular weight excluding hydrogens is 224 g/mol. The third-order valence-electron chi connectivity index (χ3n) is 3.73. The summed E-state index contributed by atoms with van der Waals surface area (Å²) in [6, 6.07) is 6.49. The molecule has 0 bridgehead atoms. The lowest BCUT2D eigenvalue weighted by Crippen LogP contribution is -2.24. The van der Waals surface area contributed by atoms with E-state index < -0.39 is 0 Å². The van der Waals surface area contributed by atoms with E-state index in [0.717, 1.165) is 24.8 Å². The molecule has 0 aromatic heterocycles. The first-order chi connectivity index (χ1) is 8.72. The summed E-state index contributed by atoms with van der Waals surface area (Å²) in [5.74, 6) is 1.79. The van der Waals surface area contributed by atoms with Gasteiger partial charge in [0.1, 0.15) is 5.75 Å². The van der Waals surface area contributed by atoms with E-state index in [9.17, 15) is 0 Å². The number of nitrogens with one attached hydrogen (secondary N) is 1. The van der Waals surface area contributed by atoms with Gasteiger partial charge in [-0.05, 0) is 56.6 Å². The lowest BCUT2D eigenvalue weighted by atomic mass is 10.1. The van der Waals surface area contributed by atoms with Crippen molar-refractivity contribution in [2.75, 3.05) is 33.8 Å². The lowest BCUT2D eigenvalue weighted by Gasteiger charge is -2.17. The first-order valence-corrected chi connectivity index (χ1v) is 6.73. The molecule has 3 nitrogen and oxygen atoms in total. The summed E-state index contributed by atoms with van der Waals surface area (Å²) >= 11 is 0. The predicted octanol–water partition coefficient (Wildman–Crippen LogP) is 2.04. The van der Waals surface area contributed by atoms with Crippen LogP contribution in [0.3, 0.4) is 0 Å². The molecule has 1 fully saturated rings. The molecule has 0 amide bonds. The number of nitrogens with zero attached hydrogens (tertiary/aromatic N) is 1. The van der Waals surface area contributed by atoms with Crippen LogP contribution in [-0.2, 0) is 6.54 Å². The first kappa shape index (κ1) is 13.4. The highest BCUT2D eigenvalue weighted by Gasteiger charge is 2.21. The van der Waals surface area contributed by atoms with Crippen LogP contribution in [-0.4, -0.2) is 38.7 Å². The van der Waals surface area contributed by atoms with Crippen molar-refractivity contribution in [2.24, 2.45) is 5.92 Å². The number of hydrogen-bond acceptors (Lipinski definition) is 3. The molecule has 0 radical (unpaired) electrons. The van der Waals surface area contributed by atoms with Gasteiger partial charge in [-0.1, -0.05) is 12.1 Å². The van der Waals surface area contributed by atoms with E-state index in [-0.39, 0.29) is 0 Å². The molecule has 1 atom stereocenters. The standard InChI is InChI=1S/C15H24N2O/c1-12-8-13(4-5-15(12)18-3)10-17-7-6-14(11-17)9-16-2/h4-5,8,14,16H,6-7,9-11H2,1-3H3. The molecule has 18 heavy (non-hydrogen) atoms. The van der Waals surface area contributed by atoms with Crippen molar-refractivity contribution in [2.45, 2.75) is 19.9 Å². The summed E-state index contributed by atoms with van der Waals surface area (Å²) < 4.78 is 5.30. The SMILES string of the molecule is CNCC1CCN(Cc2ccc(OC)c(C)c2)C1. The molecule has 3 heteroatoms. The van der Waals surface area contributed by atoms with E-state index in [0.29, 0.717) is 0 Å². The molecule has 1 N–H and O–H groups in total. The summed E-state index contributed by atoms with van der Waals surface area (Å²) in [6.45, 7) is 6.74. The number of hydrogen-bond donors (Lipinski definition) is 1. The molecule has 1 unspecified atom stereocenters. The minimum Gasteiger partial charge on any atom is -0.496 e. The maximum absolute atomic E-state index is 5.30. The van der Waals surface area contributed by atoms with Crippen LogP contribution in [0.4, 0.5) is 0 Å². The largest absolute Gasteiger partial charge is 0.496 e. The Balaban J connectivity index is 1.92. The van der Waals surface area contributed by atoms with Gasteiger partial charge in [-0.3, -0.25) is 4.90 Å². The van der Waals surface area contributed by atoms with E-state index in [1.54, 1.807) is 7.11 Å². The van der Waals surface area contributed by atoms with Gasteiger partial charge in [0.15, 0.2) is 0 Å². The van der Waals surface area contributed by atoms with E-state index in [1.807, 2.05) is 7.05 Å². The number of likely N-dealkylation sites (tertiary alicyclic amines) is 1. The van der Waals surface area contributed by atoms with Gasteiger partial charge in [0, 0.05) is 13.1 Å². The van der Waals surface area contributed by atoms with Gasteiger partial charge < -0.3 is 10.1 Å². The molecular formula is C15H24N2O. The first-order valence-electron chi connectivity index (χ1n) is 6.73. The van der Waals surface area contributed by atoms with Gasteiger partial charge in [0.2, 0.25) is 0 Å². The monoisotopic (exact) mass is 248 g/mol. The highest BCUT2D eigenvalue weighted by atomic mass is 16.5. The van der Waals surface area contributed by atoms with Crippen molar-refractivity contribution in [1.29, 1.82) is 0 Å². The highest BCUT2D eigenvalue weighted by molar-refractivity contribution is 5.36. The smallest absolute Gasteiger partial charge is 0.121 e. The summed E-state index contributed by atoms with van der Waals surface area (Å²) in [7, 11) is 3.76. The zero-order valence-electron chi connectivity index (χ0n) is 11.7. The van der Waals surface area contributed by atoms with Crippen LogP contribution >= 0.6 is 0 Å². The maximum Gasteiger partial charge on any atom is 0.121 e. The van der Waals surface area contributed by atoms with Crippen molar-refractivity contribution in [3.63, 3.8) is 0 Å². The van der Waals surface area contributed by atoms with Crippen molar-refractivity contribution in [1.82, 2.24) is 10.2 Å². The molecule has 1 aromatic rings. The summed E-state index contributed by atoms with van der Waals surface area (Å²) in [4.78, 5) is 2.54. The van der Waals surface area contributed by atoms with Crippen molar-refractivity contribution >= 4 is 0 Å². The molecule has 0 saturated carbocycles. The molecule has 2 rings (SSSR count). The zero-order valence-corrected chi connectivity index (χ0v) is 11.7. The average Bonchev–Trinajstić information content (AvgIpc) is 2.77. The van der Waals surface area contributed by atoms with Gasteiger partial charge in [-0.15, -0.1) is 0 Å². The van der Waals surface area contributed by atoms with Crippen LogP contribution in [0.1, 0.15) is 17.5 Å². The fourth-order valence-corrected chi connectivity index (χ4v) is 2.81. The second kappa shape index (κ2) is 6.21. The second-order valence-corrected chi connectivity index (χ2v) is 5.25. The van der Waals surface area contributed by atoms with Gasteiger partial charge in [0.25, 0.3) is 0 Å². The number of ether oxygens (including phenoxy) is 1. The molecule has 0 aliphatic carbocycles. The third kappa shape index (κ3) is 3.24. The molecule has 100 valence electrons. The van der Waals surface area contributed by atoms with Gasteiger partial charge in [-0.25, -0.2) is 0 Å². The minimum absolute atomic E-state index is 0.814. The Labute approximate surface area is 110 Å². The Morgan fingerprint density at radius 2 is 2.28 bits per heavy atom. The Morgan fingerprint density at radius 3 is 2.94 bits per heavy atom. The lowest BCUT2D eigenvalue weighted by molar-refractivity contribution is 0.315. The summed E-state index contributed by atoms with van der Waals surface area (Å²) in [5.41, 5.74) is 2.61. The fraction of sp³-hybridized carbons (Fsp3) is 0.600. The Hall–Kier alpha value is -1.06. The van der Waals surface area contributed by atoms with Crippen LogP contribution in [0, 0.1) is 12.8 Å². The van der Waals surface area contributed by atoms with Crippen LogP contribution in [0.2, 0.25) is 0 Å². The molecule has 1 aliphatic rings. The normalized spacial score (nSPS) is 20.3. The van der Waals surface area contributed by atoms with Gasteiger partial charge >= 0.3 is 0 Å². The van der Waals surface area contributed by atoms with E-state index >= 15 is 0 Å². The molecule has 1 saturated heterocycles. The van der Waals surface area contributed by atoms with Crippen LogP contribution in [0.25, 0.3) is 0 Å². The Kier molecular flexibility index (Phi) is 4.61. The molecule has 0 spiro atoms. The van der Waals surface area contributed by atoms with Gasteiger partial charge in [-0.2, -0.15) is 0 Å². The Bertz CT molecular complexity index is 392. The molecule has 1 aliphatic heterocycles. The average molecular weight is 248 g/mol. The summed E-state index contributed by atoms with van der Waals surface area (Å²) in [6.07, 6.45) is 1.32. The van der Waals surface area contributed by atoms with Crippen LogP contribution < -0.4 is 10.1 Å². The molecule has 1 heterocycles. The zero-order chi connectivity index (χ0) is 13.0. The summed E-state index contributed by atoms with van der Waals surface area (Å²) in [5, 5.41) is 3.28.